The van der Waals surface area contributed by atoms with E-state index in [2.05, 4.69) is 5.32 Å². The molecule has 1 aliphatic carbocycles. The molecule has 0 bridgehead atoms. The first-order valence-electron chi connectivity index (χ1n) is 10.4. The van der Waals surface area contributed by atoms with Gasteiger partial charge in [0.1, 0.15) is 0 Å². The summed E-state index contributed by atoms with van der Waals surface area (Å²) in [7, 11) is 0. The van der Waals surface area contributed by atoms with Crippen molar-refractivity contribution in [2.24, 2.45) is 11.8 Å². The lowest BCUT2D eigenvalue weighted by Crippen LogP contribution is -2.48. The van der Waals surface area contributed by atoms with Crippen LogP contribution in [0.15, 0.2) is 60.7 Å². The van der Waals surface area contributed by atoms with E-state index >= 15 is 0 Å². The fourth-order valence-electron chi connectivity index (χ4n) is 4.98. The Labute approximate surface area is 171 Å². The highest BCUT2D eigenvalue weighted by Gasteiger charge is 2.44. The van der Waals surface area contributed by atoms with Gasteiger partial charge in [-0.15, -0.1) is 0 Å². The van der Waals surface area contributed by atoms with Gasteiger partial charge in [-0.05, 0) is 35.8 Å². The number of nitrogens with zero attached hydrogens (tertiary/aromatic N) is 1. The lowest BCUT2D eigenvalue weighted by molar-refractivity contribution is -0.131. The summed E-state index contributed by atoms with van der Waals surface area (Å²) < 4.78 is 0. The number of benzene rings is 2. The maximum atomic E-state index is 13.6. The molecule has 0 radical (unpaired) electrons. The first-order valence-corrected chi connectivity index (χ1v) is 10.4. The van der Waals surface area contributed by atoms with Gasteiger partial charge < -0.3 is 15.3 Å². The highest BCUT2D eigenvalue weighted by molar-refractivity contribution is 5.87. The molecular formula is C24H28N2O3. The second-order valence-corrected chi connectivity index (χ2v) is 8.36. The molecule has 2 amide bonds. The third kappa shape index (κ3) is 4.20. The van der Waals surface area contributed by atoms with Gasteiger partial charge in [0.05, 0.1) is 18.1 Å². The molecule has 1 saturated carbocycles. The van der Waals surface area contributed by atoms with E-state index in [9.17, 15) is 14.7 Å². The number of aliphatic hydroxyl groups is 1. The maximum absolute atomic E-state index is 13.6. The third-order valence-corrected chi connectivity index (χ3v) is 6.35. The Bertz CT molecular complexity index is 815. The van der Waals surface area contributed by atoms with E-state index in [0.29, 0.717) is 25.4 Å². The molecule has 0 aromatic heterocycles. The Morgan fingerprint density at radius 3 is 1.97 bits per heavy atom. The van der Waals surface area contributed by atoms with Crippen molar-refractivity contribution in [3.05, 3.63) is 71.8 Å². The zero-order chi connectivity index (χ0) is 20.4. The quantitative estimate of drug-likeness (QED) is 0.840. The molecule has 2 N–H and O–H groups in total. The summed E-state index contributed by atoms with van der Waals surface area (Å²) in [4.78, 5) is 27.0. The normalized spacial score (nSPS) is 26.2. The minimum absolute atomic E-state index is 0.113. The predicted molar refractivity (Wildman–Crippen MR) is 111 cm³/mol. The molecule has 1 heterocycles. The number of hydrogen-bond donors (Lipinski definition) is 2. The van der Waals surface area contributed by atoms with E-state index in [4.69, 9.17) is 0 Å². The minimum Gasteiger partial charge on any atom is -0.391 e. The summed E-state index contributed by atoms with van der Waals surface area (Å²) in [5, 5.41) is 13.3. The summed E-state index contributed by atoms with van der Waals surface area (Å²) in [6, 6.07) is 19.6. The number of carbonyl (C=O) groups is 2. The van der Waals surface area contributed by atoms with Crippen LogP contribution in [0.3, 0.4) is 0 Å². The molecular weight excluding hydrogens is 364 g/mol. The summed E-state index contributed by atoms with van der Waals surface area (Å²) in [6.07, 6.45) is 0.798. The molecule has 5 heteroatoms. The van der Waals surface area contributed by atoms with Crippen molar-refractivity contribution >= 4 is 11.8 Å². The van der Waals surface area contributed by atoms with Gasteiger partial charge in [-0.1, -0.05) is 60.7 Å². The zero-order valence-electron chi connectivity index (χ0n) is 16.7. The van der Waals surface area contributed by atoms with Crippen molar-refractivity contribution in [2.45, 2.75) is 37.8 Å². The van der Waals surface area contributed by atoms with Gasteiger partial charge in [0.25, 0.3) is 0 Å². The van der Waals surface area contributed by atoms with Gasteiger partial charge in [-0.25, -0.2) is 0 Å². The van der Waals surface area contributed by atoms with Crippen molar-refractivity contribution in [2.75, 3.05) is 13.1 Å². The molecule has 2 fully saturated rings. The fraction of sp³-hybridized carbons (Fsp3) is 0.417. The van der Waals surface area contributed by atoms with Crippen LogP contribution in [-0.2, 0) is 9.59 Å². The highest BCUT2D eigenvalue weighted by atomic mass is 16.3. The average Bonchev–Trinajstić information content (AvgIpc) is 3.12. The number of likely N-dealkylation sites (tertiary alicyclic amines) is 1. The van der Waals surface area contributed by atoms with Crippen LogP contribution in [0.25, 0.3) is 0 Å². The van der Waals surface area contributed by atoms with E-state index in [1.54, 1.807) is 0 Å². The van der Waals surface area contributed by atoms with Crippen molar-refractivity contribution in [3.8, 4) is 0 Å². The van der Waals surface area contributed by atoms with E-state index in [-0.39, 0.29) is 29.7 Å². The molecule has 1 saturated heterocycles. The molecule has 4 atom stereocenters. The van der Waals surface area contributed by atoms with Gasteiger partial charge in [0.2, 0.25) is 11.8 Å². The molecule has 4 rings (SSSR count). The second-order valence-electron chi connectivity index (χ2n) is 8.36. The number of nitrogens with one attached hydrogen (secondary N) is 1. The predicted octanol–water partition coefficient (Wildman–Crippen LogP) is 2.55. The summed E-state index contributed by atoms with van der Waals surface area (Å²) in [6.45, 7) is 2.83. The smallest absolute Gasteiger partial charge is 0.234 e. The molecule has 1 aliphatic heterocycles. The van der Waals surface area contributed by atoms with Crippen LogP contribution >= 0.6 is 0 Å². The van der Waals surface area contributed by atoms with Crippen LogP contribution < -0.4 is 5.32 Å². The largest absolute Gasteiger partial charge is 0.391 e. The van der Waals surface area contributed by atoms with Crippen LogP contribution in [0, 0.1) is 11.8 Å². The Kier molecular flexibility index (Phi) is 5.67. The van der Waals surface area contributed by atoms with Crippen molar-refractivity contribution in [3.63, 3.8) is 0 Å². The monoisotopic (exact) mass is 392 g/mol. The van der Waals surface area contributed by atoms with Crippen LogP contribution in [0.4, 0.5) is 0 Å². The van der Waals surface area contributed by atoms with Crippen molar-refractivity contribution < 1.29 is 14.7 Å². The van der Waals surface area contributed by atoms with Crippen LogP contribution in [-0.4, -0.2) is 47.1 Å². The molecule has 0 spiro atoms. The van der Waals surface area contributed by atoms with Gasteiger partial charge >= 0.3 is 0 Å². The number of fused-ring (bicyclic) bond motifs is 1. The van der Waals surface area contributed by atoms with Crippen LogP contribution in [0.5, 0.6) is 0 Å². The van der Waals surface area contributed by atoms with Crippen LogP contribution in [0.2, 0.25) is 0 Å². The van der Waals surface area contributed by atoms with Gasteiger partial charge in [0.15, 0.2) is 0 Å². The molecule has 29 heavy (non-hydrogen) atoms. The van der Waals surface area contributed by atoms with E-state index in [1.807, 2.05) is 65.6 Å². The average molecular weight is 392 g/mol. The first kappa shape index (κ1) is 19.6. The van der Waals surface area contributed by atoms with Crippen molar-refractivity contribution in [1.29, 1.82) is 0 Å². The number of amides is 2. The lowest BCUT2D eigenvalue weighted by Gasteiger charge is -2.35. The van der Waals surface area contributed by atoms with Gasteiger partial charge in [-0.3, -0.25) is 9.59 Å². The summed E-state index contributed by atoms with van der Waals surface area (Å²) in [5.74, 6) is 0.264. The van der Waals surface area contributed by atoms with E-state index < -0.39 is 6.10 Å². The molecule has 2 aromatic carbocycles. The molecule has 2 aromatic rings. The SMILES string of the molecule is CC(=O)N[C@@H]1C[C@@H]2CN(C(=O)C(c3ccccc3)c3ccccc3)C[C@@H]2C[C@H]1O. The molecule has 5 nitrogen and oxygen atoms in total. The first-order chi connectivity index (χ1) is 14.0. The summed E-state index contributed by atoms with van der Waals surface area (Å²) in [5.41, 5.74) is 1.99. The van der Waals surface area contributed by atoms with Crippen molar-refractivity contribution in [1.82, 2.24) is 10.2 Å². The highest BCUT2D eigenvalue weighted by Crippen LogP contribution is 2.38. The molecule has 2 aliphatic rings. The maximum Gasteiger partial charge on any atom is 0.234 e. The Hall–Kier alpha value is -2.66. The Morgan fingerprint density at radius 2 is 1.45 bits per heavy atom. The van der Waals surface area contributed by atoms with E-state index in [0.717, 1.165) is 17.5 Å². The van der Waals surface area contributed by atoms with E-state index in [1.165, 1.54) is 6.92 Å². The Balaban J connectivity index is 1.55. The topological polar surface area (TPSA) is 69.6 Å². The van der Waals surface area contributed by atoms with Gasteiger partial charge in [0, 0.05) is 20.0 Å². The number of aliphatic hydroxyl groups excluding tert-OH is 1. The molecule has 0 unspecified atom stereocenters. The Morgan fingerprint density at radius 1 is 0.931 bits per heavy atom. The van der Waals surface area contributed by atoms with Gasteiger partial charge in [-0.2, -0.15) is 0 Å². The lowest BCUT2D eigenvalue weighted by atomic mass is 9.77. The minimum atomic E-state index is -0.547. The van der Waals surface area contributed by atoms with Crippen LogP contribution in [0.1, 0.15) is 36.8 Å². The standard InChI is InChI=1S/C24H28N2O3/c1-16(27)25-21-12-19-14-26(15-20(19)13-22(21)28)24(29)23(17-8-4-2-5-9-17)18-10-6-3-7-11-18/h2-11,19-23,28H,12-15H2,1H3,(H,25,27)/t19-,20+,21-,22-/m1/s1. The number of hydrogen-bond acceptors (Lipinski definition) is 3. The molecule has 152 valence electrons. The third-order valence-electron chi connectivity index (χ3n) is 6.35. The number of carbonyl (C=O) groups excluding carboxylic acids is 2. The fourth-order valence-corrected chi connectivity index (χ4v) is 4.98. The zero-order valence-corrected chi connectivity index (χ0v) is 16.7. The second kappa shape index (κ2) is 8.37. The summed E-state index contributed by atoms with van der Waals surface area (Å²) >= 11 is 0. The number of rotatable bonds is 4.